The molecule has 22 heavy (non-hydrogen) atoms. The summed E-state index contributed by atoms with van der Waals surface area (Å²) in [5, 5.41) is 20.1. The third-order valence-corrected chi connectivity index (χ3v) is 5.87. The maximum absolute atomic E-state index is 12.6. The average Bonchev–Trinajstić information content (AvgIpc) is 2.46. The highest BCUT2D eigenvalue weighted by Gasteiger charge is 2.36. The number of sulfonamides is 1. The van der Waals surface area contributed by atoms with Crippen LogP contribution in [0.3, 0.4) is 0 Å². The second-order valence-electron chi connectivity index (χ2n) is 4.91. The Balaban J connectivity index is 2.42. The summed E-state index contributed by atoms with van der Waals surface area (Å²) in [5.41, 5.74) is -0.535. The van der Waals surface area contributed by atoms with E-state index in [4.69, 9.17) is 5.11 Å². The van der Waals surface area contributed by atoms with Gasteiger partial charge in [-0.2, -0.15) is 4.31 Å². The summed E-state index contributed by atoms with van der Waals surface area (Å²) in [6, 6.07) is 3.67. The molecule has 1 unspecified atom stereocenters. The predicted molar refractivity (Wildman–Crippen MR) is 79.9 cm³/mol. The van der Waals surface area contributed by atoms with Gasteiger partial charge in [0.2, 0.25) is 10.0 Å². The van der Waals surface area contributed by atoms with Gasteiger partial charge in [-0.05, 0) is 25.0 Å². The SMILES string of the molecule is O=C(O)C1CCCN(S(=O)(=O)c2ccc(Br)cc2[N+](=O)[O-])C1. The number of benzene rings is 1. The molecule has 10 heteroatoms. The molecule has 1 N–H and O–H groups in total. The summed E-state index contributed by atoms with van der Waals surface area (Å²) in [6.45, 7) is -0.0236. The minimum atomic E-state index is -4.11. The summed E-state index contributed by atoms with van der Waals surface area (Å²) in [7, 11) is -4.11. The van der Waals surface area contributed by atoms with Crippen molar-refractivity contribution in [2.24, 2.45) is 5.92 Å². The van der Waals surface area contributed by atoms with Crippen LogP contribution in [0.25, 0.3) is 0 Å². The molecular formula is C12H13BrN2O6S. The fourth-order valence-electron chi connectivity index (χ4n) is 2.35. The van der Waals surface area contributed by atoms with E-state index in [1.165, 1.54) is 6.07 Å². The Morgan fingerprint density at radius 2 is 2.14 bits per heavy atom. The number of piperidine rings is 1. The standard InChI is InChI=1S/C12H13BrN2O6S/c13-9-3-4-11(10(6-9)15(18)19)22(20,21)14-5-1-2-8(7-14)12(16)17/h3-4,6,8H,1-2,5,7H2,(H,16,17). The lowest BCUT2D eigenvalue weighted by Gasteiger charge is -2.29. The normalized spacial score (nSPS) is 19.8. The first-order chi connectivity index (χ1) is 10.2. The van der Waals surface area contributed by atoms with E-state index in [0.717, 1.165) is 16.4 Å². The van der Waals surface area contributed by atoms with Gasteiger partial charge in [-0.3, -0.25) is 14.9 Å². The smallest absolute Gasteiger partial charge is 0.307 e. The first-order valence-corrected chi connectivity index (χ1v) is 8.63. The van der Waals surface area contributed by atoms with Crippen LogP contribution >= 0.6 is 15.9 Å². The summed E-state index contributed by atoms with van der Waals surface area (Å²) >= 11 is 3.07. The van der Waals surface area contributed by atoms with E-state index in [2.05, 4.69) is 15.9 Å². The van der Waals surface area contributed by atoms with Crippen LogP contribution in [-0.2, 0) is 14.8 Å². The molecule has 1 aliphatic rings. The van der Waals surface area contributed by atoms with Crippen LogP contribution in [0.5, 0.6) is 0 Å². The highest BCUT2D eigenvalue weighted by atomic mass is 79.9. The predicted octanol–water partition coefficient (Wildman–Crippen LogP) is 1.84. The van der Waals surface area contributed by atoms with Crippen molar-refractivity contribution in [3.8, 4) is 0 Å². The van der Waals surface area contributed by atoms with E-state index >= 15 is 0 Å². The summed E-state index contributed by atoms with van der Waals surface area (Å²) < 4.78 is 26.6. The lowest BCUT2D eigenvalue weighted by atomic mass is 10.0. The molecule has 0 aliphatic carbocycles. The zero-order valence-corrected chi connectivity index (χ0v) is 13.7. The Labute approximate surface area is 135 Å². The quantitative estimate of drug-likeness (QED) is 0.616. The van der Waals surface area contributed by atoms with Gasteiger partial charge in [0.15, 0.2) is 4.90 Å². The Kier molecular flexibility index (Phi) is 4.83. The highest BCUT2D eigenvalue weighted by molar-refractivity contribution is 9.10. The first-order valence-electron chi connectivity index (χ1n) is 6.40. The zero-order chi connectivity index (χ0) is 16.5. The second-order valence-corrected chi connectivity index (χ2v) is 7.73. The minimum Gasteiger partial charge on any atom is -0.481 e. The number of carboxylic acid groups (broad SMARTS) is 1. The maximum Gasteiger partial charge on any atom is 0.307 e. The van der Waals surface area contributed by atoms with Gasteiger partial charge >= 0.3 is 5.97 Å². The Hall–Kier alpha value is -1.52. The molecule has 0 saturated carbocycles. The first kappa shape index (κ1) is 16.8. The number of carbonyl (C=O) groups is 1. The Bertz CT molecular complexity index is 720. The van der Waals surface area contributed by atoms with Crippen molar-refractivity contribution in [2.45, 2.75) is 17.7 Å². The van der Waals surface area contributed by atoms with Gasteiger partial charge in [0.1, 0.15) is 0 Å². The molecule has 0 amide bonds. The molecule has 1 aromatic rings. The number of nitro benzene ring substituents is 1. The van der Waals surface area contributed by atoms with Gasteiger partial charge in [0.05, 0.1) is 10.8 Å². The maximum atomic E-state index is 12.6. The molecule has 0 spiro atoms. The lowest BCUT2D eigenvalue weighted by molar-refractivity contribution is -0.387. The van der Waals surface area contributed by atoms with E-state index < -0.39 is 37.4 Å². The molecule has 1 heterocycles. The highest BCUT2D eigenvalue weighted by Crippen LogP contribution is 2.31. The number of nitrogens with zero attached hydrogens (tertiary/aromatic N) is 2. The third-order valence-electron chi connectivity index (χ3n) is 3.47. The molecular weight excluding hydrogens is 380 g/mol. The van der Waals surface area contributed by atoms with Crippen molar-refractivity contribution in [1.82, 2.24) is 4.31 Å². The molecule has 1 atom stereocenters. The van der Waals surface area contributed by atoms with Crippen LogP contribution in [0.1, 0.15) is 12.8 Å². The largest absolute Gasteiger partial charge is 0.481 e. The lowest BCUT2D eigenvalue weighted by Crippen LogP contribution is -2.42. The minimum absolute atomic E-state index is 0.152. The number of hydrogen-bond donors (Lipinski definition) is 1. The molecule has 1 fully saturated rings. The van der Waals surface area contributed by atoms with Crippen LogP contribution in [0.15, 0.2) is 27.6 Å². The van der Waals surface area contributed by atoms with Crippen LogP contribution in [0.2, 0.25) is 0 Å². The van der Waals surface area contributed by atoms with Crippen LogP contribution in [0.4, 0.5) is 5.69 Å². The number of nitro groups is 1. The van der Waals surface area contributed by atoms with E-state index in [1.54, 1.807) is 0 Å². The van der Waals surface area contributed by atoms with E-state index in [-0.39, 0.29) is 13.1 Å². The van der Waals surface area contributed by atoms with Gasteiger partial charge in [-0.25, -0.2) is 8.42 Å². The summed E-state index contributed by atoms with van der Waals surface area (Å²) in [6.07, 6.45) is 0.796. The molecule has 8 nitrogen and oxygen atoms in total. The molecule has 120 valence electrons. The molecule has 1 aromatic carbocycles. The molecule has 2 rings (SSSR count). The van der Waals surface area contributed by atoms with Crippen molar-refractivity contribution in [3.05, 3.63) is 32.8 Å². The van der Waals surface area contributed by atoms with Crippen LogP contribution < -0.4 is 0 Å². The van der Waals surface area contributed by atoms with Gasteiger partial charge in [-0.1, -0.05) is 15.9 Å². The average molecular weight is 393 g/mol. The van der Waals surface area contributed by atoms with E-state index in [1.807, 2.05) is 0 Å². The monoisotopic (exact) mass is 392 g/mol. The number of rotatable bonds is 4. The molecule has 0 aromatic heterocycles. The van der Waals surface area contributed by atoms with Gasteiger partial charge < -0.3 is 5.11 Å². The molecule has 1 saturated heterocycles. The Morgan fingerprint density at radius 3 is 2.73 bits per heavy atom. The van der Waals surface area contributed by atoms with E-state index in [9.17, 15) is 23.3 Å². The van der Waals surface area contributed by atoms with Crippen molar-refractivity contribution < 1.29 is 23.2 Å². The number of hydrogen-bond acceptors (Lipinski definition) is 5. The Morgan fingerprint density at radius 1 is 1.45 bits per heavy atom. The molecule has 1 aliphatic heterocycles. The van der Waals surface area contributed by atoms with Crippen LogP contribution in [0, 0.1) is 16.0 Å². The number of carboxylic acids is 1. The summed E-state index contributed by atoms with van der Waals surface area (Å²) in [5.74, 6) is -1.86. The summed E-state index contributed by atoms with van der Waals surface area (Å²) in [4.78, 5) is 20.9. The topological polar surface area (TPSA) is 118 Å². The number of halogens is 1. The fourth-order valence-corrected chi connectivity index (χ4v) is 4.36. The third kappa shape index (κ3) is 3.28. The van der Waals surface area contributed by atoms with Gasteiger partial charge in [0, 0.05) is 23.6 Å². The molecule has 0 radical (unpaired) electrons. The van der Waals surface area contributed by atoms with Crippen molar-refractivity contribution in [1.29, 1.82) is 0 Å². The van der Waals surface area contributed by atoms with Gasteiger partial charge in [-0.15, -0.1) is 0 Å². The second kappa shape index (κ2) is 6.31. The van der Waals surface area contributed by atoms with Gasteiger partial charge in [0.25, 0.3) is 5.69 Å². The molecule has 0 bridgehead atoms. The van der Waals surface area contributed by atoms with Crippen molar-refractivity contribution in [3.63, 3.8) is 0 Å². The van der Waals surface area contributed by atoms with E-state index in [0.29, 0.717) is 17.3 Å². The zero-order valence-electron chi connectivity index (χ0n) is 11.3. The van der Waals surface area contributed by atoms with Crippen molar-refractivity contribution in [2.75, 3.05) is 13.1 Å². The van der Waals surface area contributed by atoms with Crippen LogP contribution in [-0.4, -0.2) is 41.8 Å². The van der Waals surface area contributed by atoms with Crippen molar-refractivity contribution >= 4 is 37.6 Å². The number of aliphatic carboxylic acids is 1. The fraction of sp³-hybridized carbons (Fsp3) is 0.417.